The molecule has 0 saturated heterocycles. The van der Waals surface area contributed by atoms with Crippen molar-refractivity contribution in [2.45, 2.75) is 32.4 Å². The van der Waals surface area contributed by atoms with E-state index < -0.39 is 0 Å². The minimum Gasteiger partial charge on any atom is -0.483 e. The first-order chi connectivity index (χ1) is 8.72. The van der Waals surface area contributed by atoms with Gasteiger partial charge in [0, 0.05) is 10.9 Å². The maximum Gasteiger partial charge on any atom is 0.148 e. The predicted octanol–water partition coefficient (Wildman–Crippen LogP) is 3.91. The van der Waals surface area contributed by atoms with Gasteiger partial charge in [0.25, 0.3) is 0 Å². The molecule has 0 spiro atoms. The third-order valence-corrected chi connectivity index (χ3v) is 3.97. The molecule has 0 aliphatic carbocycles. The van der Waals surface area contributed by atoms with Gasteiger partial charge in [-0.25, -0.2) is 0 Å². The van der Waals surface area contributed by atoms with Gasteiger partial charge in [-0.3, -0.25) is 0 Å². The van der Waals surface area contributed by atoms with Gasteiger partial charge in [-0.05, 0) is 36.4 Å². The fraction of sp³-hybridized carbons (Fsp3) is 0.333. The molecule has 2 aromatic rings. The fourth-order valence-corrected chi connectivity index (χ4v) is 2.68. The van der Waals surface area contributed by atoms with Crippen LogP contribution in [-0.2, 0) is 0 Å². The molecular formula is C15H19NOS. The third-order valence-electron chi connectivity index (χ3n) is 3.03. The molecule has 2 unspecified atom stereocenters. The SMILES string of the molecule is CCC(N)C(Oc1ccccc1C)c1cccs1. The van der Waals surface area contributed by atoms with E-state index in [9.17, 15) is 0 Å². The van der Waals surface area contributed by atoms with Gasteiger partial charge in [0.2, 0.25) is 0 Å². The summed E-state index contributed by atoms with van der Waals surface area (Å²) in [6.07, 6.45) is 0.838. The molecule has 1 aromatic carbocycles. The topological polar surface area (TPSA) is 35.2 Å². The first kappa shape index (κ1) is 13.1. The van der Waals surface area contributed by atoms with Crippen LogP contribution >= 0.6 is 11.3 Å². The molecule has 2 N–H and O–H groups in total. The zero-order chi connectivity index (χ0) is 13.0. The van der Waals surface area contributed by atoms with Crippen molar-refractivity contribution in [1.29, 1.82) is 0 Å². The quantitative estimate of drug-likeness (QED) is 0.885. The van der Waals surface area contributed by atoms with E-state index in [1.54, 1.807) is 11.3 Å². The zero-order valence-corrected chi connectivity index (χ0v) is 11.6. The van der Waals surface area contributed by atoms with Crippen molar-refractivity contribution in [2.24, 2.45) is 5.73 Å². The predicted molar refractivity (Wildman–Crippen MR) is 77.1 cm³/mol. The molecule has 0 aliphatic rings. The highest BCUT2D eigenvalue weighted by Gasteiger charge is 2.21. The summed E-state index contributed by atoms with van der Waals surface area (Å²) in [5.41, 5.74) is 7.33. The Labute approximate surface area is 112 Å². The molecule has 3 heteroatoms. The molecule has 2 nitrogen and oxygen atoms in total. The van der Waals surface area contributed by atoms with Crippen molar-refractivity contribution >= 4 is 11.3 Å². The lowest BCUT2D eigenvalue weighted by Gasteiger charge is -2.24. The molecule has 2 rings (SSSR count). The first-order valence-corrected chi connectivity index (χ1v) is 7.11. The van der Waals surface area contributed by atoms with Crippen molar-refractivity contribution in [3.63, 3.8) is 0 Å². The van der Waals surface area contributed by atoms with Crippen LogP contribution in [-0.4, -0.2) is 6.04 Å². The molecular weight excluding hydrogens is 242 g/mol. The minimum atomic E-state index is -0.0592. The van der Waals surface area contributed by atoms with Crippen molar-refractivity contribution < 1.29 is 4.74 Å². The molecule has 18 heavy (non-hydrogen) atoms. The van der Waals surface area contributed by atoms with Crippen LogP contribution in [0.15, 0.2) is 41.8 Å². The van der Waals surface area contributed by atoms with Crippen LogP contribution in [0, 0.1) is 6.92 Å². The van der Waals surface area contributed by atoms with Crippen LogP contribution in [0.3, 0.4) is 0 Å². The number of benzene rings is 1. The van der Waals surface area contributed by atoms with Crippen LogP contribution < -0.4 is 10.5 Å². The Morgan fingerprint density at radius 3 is 2.61 bits per heavy atom. The Morgan fingerprint density at radius 2 is 2.00 bits per heavy atom. The summed E-state index contributed by atoms with van der Waals surface area (Å²) < 4.78 is 6.13. The van der Waals surface area contributed by atoms with Gasteiger partial charge in [-0.2, -0.15) is 0 Å². The van der Waals surface area contributed by atoms with E-state index >= 15 is 0 Å². The van der Waals surface area contributed by atoms with Crippen molar-refractivity contribution in [3.8, 4) is 5.75 Å². The van der Waals surface area contributed by atoms with E-state index in [1.165, 1.54) is 4.88 Å². The van der Waals surface area contributed by atoms with Crippen molar-refractivity contribution in [1.82, 2.24) is 0 Å². The van der Waals surface area contributed by atoms with E-state index in [0.29, 0.717) is 0 Å². The standard InChI is InChI=1S/C15H19NOS/c1-3-12(16)15(14-9-6-10-18-14)17-13-8-5-4-7-11(13)2/h4-10,12,15H,3,16H2,1-2H3. The molecule has 0 aliphatic heterocycles. The zero-order valence-electron chi connectivity index (χ0n) is 10.8. The molecule has 2 atom stereocenters. The second-order valence-corrected chi connectivity index (χ2v) is 5.37. The van der Waals surface area contributed by atoms with Crippen LogP contribution in [0.1, 0.15) is 29.9 Å². The third kappa shape index (κ3) is 2.92. The summed E-state index contributed by atoms with van der Waals surface area (Å²) >= 11 is 1.69. The average Bonchev–Trinajstić information content (AvgIpc) is 2.90. The summed E-state index contributed by atoms with van der Waals surface area (Å²) in [6, 6.07) is 12.2. The molecule has 0 fully saturated rings. The van der Waals surface area contributed by atoms with E-state index in [4.69, 9.17) is 10.5 Å². The number of thiophene rings is 1. The molecule has 96 valence electrons. The highest BCUT2D eigenvalue weighted by atomic mass is 32.1. The van der Waals surface area contributed by atoms with Crippen LogP contribution in [0.4, 0.5) is 0 Å². The summed E-state index contributed by atoms with van der Waals surface area (Å²) in [4.78, 5) is 1.19. The Balaban J connectivity index is 2.24. The first-order valence-electron chi connectivity index (χ1n) is 6.23. The molecule has 0 bridgehead atoms. The Hall–Kier alpha value is -1.32. The monoisotopic (exact) mass is 261 g/mol. The number of rotatable bonds is 5. The summed E-state index contributed by atoms with van der Waals surface area (Å²) in [5.74, 6) is 0.916. The van der Waals surface area contributed by atoms with E-state index in [0.717, 1.165) is 17.7 Å². The van der Waals surface area contributed by atoms with Gasteiger partial charge in [0.15, 0.2) is 0 Å². The highest BCUT2D eigenvalue weighted by Crippen LogP contribution is 2.30. The second kappa shape index (κ2) is 6.03. The average molecular weight is 261 g/mol. The highest BCUT2D eigenvalue weighted by molar-refractivity contribution is 7.10. The maximum atomic E-state index is 6.19. The van der Waals surface area contributed by atoms with Gasteiger partial charge in [-0.1, -0.05) is 31.2 Å². The minimum absolute atomic E-state index is 0.0169. The van der Waals surface area contributed by atoms with Crippen LogP contribution in [0.5, 0.6) is 5.75 Å². The largest absolute Gasteiger partial charge is 0.483 e. The molecule has 0 saturated carbocycles. The Morgan fingerprint density at radius 1 is 1.22 bits per heavy atom. The van der Waals surface area contributed by atoms with E-state index in [2.05, 4.69) is 31.4 Å². The number of aryl methyl sites for hydroxylation is 1. The summed E-state index contributed by atoms with van der Waals surface area (Å²) in [7, 11) is 0. The fourth-order valence-electron chi connectivity index (χ4n) is 1.85. The summed E-state index contributed by atoms with van der Waals surface area (Å²) in [5, 5.41) is 2.06. The van der Waals surface area contributed by atoms with Gasteiger partial charge >= 0.3 is 0 Å². The number of para-hydroxylation sites is 1. The summed E-state index contributed by atoms with van der Waals surface area (Å²) in [6.45, 7) is 4.14. The Kier molecular flexibility index (Phi) is 4.39. The number of hydrogen-bond acceptors (Lipinski definition) is 3. The van der Waals surface area contributed by atoms with E-state index in [-0.39, 0.29) is 12.1 Å². The van der Waals surface area contributed by atoms with Gasteiger partial charge in [0.1, 0.15) is 11.9 Å². The second-order valence-electron chi connectivity index (χ2n) is 4.39. The van der Waals surface area contributed by atoms with E-state index in [1.807, 2.05) is 24.3 Å². The lowest BCUT2D eigenvalue weighted by Crippen LogP contribution is -2.31. The lowest BCUT2D eigenvalue weighted by molar-refractivity contribution is 0.173. The number of nitrogens with two attached hydrogens (primary N) is 1. The van der Waals surface area contributed by atoms with Crippen molar-refractivity contribution in [3.05, 3.63) is 52.2 Å². The maximum absolute atomic E-state index is 6.19. The smallest absolute Gasteiger partial charge is 0.148 e. The lowest BCUT2D eigenvalue weighted by atomic mass is 10.1. The van der Waals surface area contributed by atoms with Crippen LogP contribution in [0.25, 0.3) is 0 Å². The molecule has 1 heterocycles. The molecule has 1 aromatic heterocycles. The van der Waals surface area contributed by atoms with Gasteiger partial charge in [-0.15, -0.1) is 11.3 Å². The molecule has 0 radical (unpaired) electrons. The number of ether oxygens (including phenoxy) is 1. The van der Waals surface area contributed by atoms with Gasteiger partial charge < -0.3 is 10.5 Å². The Bertz CT molecular complexity index is 481. The molecule has 0 amide bonds. The van der Waals surface area contributed by atoms with Gasteiger partial charge in [0.05, 0.1) is 0 Å². The number of hydrogen-bond donors (Lipinski definition) is 1. The van der Waals surface area contributed by atoms with Crippen LogP contribution in [0.2, 0.25) is 0 Å². The normalized spacial score (nSPS) is 14.2. The van der Waals surface area contributed by atoms with Crippen molar-refractivity contribution in [2.75, 3.05) is 0 Å².